The largest absolute Gasteiger partial charge is 0.395 e. The summed E-state index contributed by atoms with van der Waals surface area (Å²) in [7, 11) is 0. The van der Waals surface area contributed by atoms with Crippen LogP contribution >= 0.6 is 11.6 Å². The Morgan fingerprint density at radius 2 is 2.25 bits per heavy atom. The molecule has 2 aromatic rings. The van der Waals surface area contributed by atoms with Crippen LogP contribution in [0.25, 0.3) is 5.69 Å². The predicted octanol–water partition coefficient (Wildman–Crippen LogP) is 2.21. The number of benzene rings is 1. The molecule has 3 rings (SSSR count). The van der Waals surface area contributed by atoms with Gasteiger partial charge in [0.2, 0.25) is 5.91 Å². The molecule has 128 valence electrons. The lowest BCUT2D eigenvalue weighted by Gasteiger charge is -2.28. The zero-order chi connectivity index (χ0) is 16.9. The number of anilines is 1. The minimum atomic E-state index is -0.0528. The summed E-state index contributed by atoms with van der Waals surface area (Å²) in [6.07, 6.45) is 3.97. The SMILES string of the molecule is O=C(C[C@H]1CCN[C@@H](CO)C1)Nc1ccn(-c2ccccc2Cl)n1. The van der Waals surface area contributed by atoms with Gasteiger partial charge in [-0.15, -0.1) is 0 Å². The van der Waals surface area contributed by atoms with Gasteiger partial charge in [0, 0.05) is 24.7 Å². The number of piperidine rings is 1. The Morgan fingerprint density at radius 3 is 3.04 bits per heavy atom. The summed E-state index contributed by atoms with van der Waals surface area (Å²) in [6, 6.07) is 9.25. The van der Waals surface area contributed by atoms with Crippen molar-refractivity contribution in [2.24, 2.45) is 5.92 Å². The van der Waals surface area contributed by atoms with Crippen molar-refractivity contribution < 1.29 is 9.90 Å². The molecule has 24 heavy (non-hydrogen) atoms. The fraction of sp³-hybridized carbons (Fsp3) is 0.412. The number of carbonyl (C=O) groups is 1. The molecule has 6 nitrogen and oxygen atoms in total. The van der Waals surface area contributed by atoms with Crippen molar-refractivity contribution >= 4 is 23.3 Å². The first-order valence-electron chi connectivity index (χ1n) is 8.10. The number of para-hydroxylation sites is 1. The number of aromatic nitrogens is 2. The molecular weight excluding hydrogens is 328 g/mol. The number of carbonyl (C=O) groups excluding carboxylic acids is 1. The standard InChI is InChI=1S/C17H21ClN4O2/c18-14-3-1-2-4-15(14)22-8-6-16(21-22)20-17(24)10-12-5-7-19-13(9-12)11-23/h1-4,6,8,12-13,19,23H,5,7,9-11H2,(H,20,21,24)/t12-,13+/m0/s1. The van der Waals surface area contributed by atoms with Crippen LogP contribution in [0, 0.1) is 5.92 Å². The smallest absolute Gasteiger partial charge is 0.225 e. The third kappa shape index (κ3) is 4.14. The fourth-order valence-electron chi connectivity index (χ4n) is 3.04. The number of aliphatic hydroxyl groups excluding tert-OH is 1. The number of nitrogens with zero attached hydrogens (tertiary/aromatic N) is 2. The lowest BCUT2D eigenvalue weighted by molar-refractivity contribution is -0.117. The second-order valence-electron chi connectivity index (χ2n) is 6.07. The zero-order valence-electron chi connectivity index (χ0n) is 13.3. The summed E-state index contributed by atoms with van der Waals surface area (Å²) in [5.41, 5.74) is 0.767. The molecule has 1 amide bonds. The lowest BCUT2D eigenvalue weighted by Crippen LogP contribution is -2.41. The van der Waals surface area contributed by atoms with Crippen LogP contribution in [0.2, 0.25) is 5.02 Å². The molecule has 0 unspecified atom stereocenters. The van der Waals surface area contributed by atoms with Crippen LogP contribution in [0.4, 0.5) is 5.82 Å². The Kier molecular flexibility index (Phi) is 5.50. The molecule has 0 saturated carbocycles. The van der Waals surface area contributed by atoms with E-state index in [1.165, 1.54) is 0 Å². The van der Waals surface area contributed by atoms with Gasteiger partial charge in [0.1, 0.15) is 0 Å². The van der Waals surface area contributed by atoms with Crippen molar-refractivity contribution in [3.05, 3.63) is 41.6 Å². The predicted molar refractivity (Wildman–Crippen MR) is 93.4 cm³/mol. The topological polar surface area (TPSA) is 79.2 Å². The van der Waals surface area contributed by atoms with Gasteiger partial charge >= 0.3 is 0 Å². The number of hydrogen-bond donors (Lipinski definition) is 3. The van der Waals surface area contributed by atoms with Crippen molar-refractivity contribution in [2.45, 2.75) is 25.3 Å². The van der Waals surface area contributed by atoms with Crippen LogP contribution < -0.4 is 10.6 Å². The Labute approximate surface area is 145 Å². The number of nitrogens with one attached hydrogen (secondary N) is 2. The third-order valence-corrected chi connectivity index (χ3v) is 4.57. The molecule has 1 saturated heterocycles. The Balaban J connectivity index is 1.58. The third-order valence-electron chi connectivity index (χ3n) is 4.25. The molecule has 1 aliphatic rings. The average Bonchev–Trinajstić information content (AvgIpc) is 3.03. The maximum Gasteiger partial charge on any atom is 0.225 e. The van der Waals surface area contributed by atoms with E-state index in [1.54, 1.807) is 23.0 Å². The number of rotatable bonds is 5. The Morgan fingerprint density at radius 1 is 1.42 bits per heavy atom. The summed E-state index contributed by atoms with van der Waals surface area (Å²) in [4.78, 5) is 12.2. The van der Waals surface area contributed by atoms with Crippen molar-refractivity contribution in [2.75, 3.05) is 18.5 Å². The van der Waals surface area contributed by atoms with E-state index in [-0.39, 0.29) is 24.5 Å². The second kappa shape index (κ2) is 7.79. The van der Waals surface area contributed by atoms with Crippen molar-refractivity contribution in [3.63, 3.8) is 0 Å². The van der Waals surface area contributed by atoms with E-state index in [1.807, 2.05) is 18.2 Å². The first-order valence-corrected chi connectivity index (χ1v) is 8.48. The van der Waals surface area contributed by atoms with Gasteiger partial charge in [-0.3, -0.25) is 4.79 Å². The molecule has 3 N–H and O–H groups in total. The Bertz CT molecular complexity index is 703. The molecular formula is C17H21ClN4O2. The zero-order valence-corrected chi connectivity index (χ0v) is 14.0. The van der Waals surface area contributed by atoms with Crippen LogP contribution in [0.1, 0.15) is 19.3 Å². The number of aliphatic hydroxyl groups is 1. The van der Waals surface area contributed by atoms with Crippen molar-refractivity contribution in [1.82, 2.24) is 15.1 Å². The molecule has 0 aliphatic carbocycles. The van der Waals surface area contributed by atoms with E-state index in [2.05, 4.69) is 15.7 Å². The van der Waals surface area contributed by atoms with E-state index in [0.29, 0.717) is 17.3 Å². The molecule has 0 bridgehead atoms. The highest BCUT2D eigenvalue weighted by Gasteiger charge is 2.23. The summed E-state index contributed by atoms with van der Waals surface area (Å²) in [6.45, 7) is 0.949. The van der Waals surface area contributed by atoms with Gasteiger partial charge in [-0.1, -0.05) is 23.7 Å². The summed E-state index contributed by atoms with van der Waals surface area (Å²) in [5.74, 6) is 0.740. The van der Waals surface area contributed by atoms with Gasteiger partial charge in [-0.25, -0.2) is 4.68 Å². The fourth-order valence-corrected chi connectivity index (χ4v) is 3.26. The number of halogens is 1. The maximum atomic E-state index is 12.2. The maximum absolute atomic E-state index is 12.2. The normalized spacial score (nSPS) is 20.8. The van der Waals surface area contributed by atoms with Gasteiger partial charge < -0.3 is 15.7 Å². The lowest BCUT2D eigenvalue weighted by atomic mass is 9.90. The van der Waals surface area contributed by atoms with Crippen LogP contribution in [0.15, 0.2) is 36.5 Å². The molecule has 1 aromatic carbocycles. The molecule has 1 aliphatic heterocycles. The van der Waals surface area contributed by atoms with E-state index in [9.17, 15) is 9.90 Å². The van der Waals surface area contributed by atoms with E-state index < -0.39 is 0 Å². The first kappa shape index (κ1) is 17.0. The van der Waals surface area contributed by atoms with E-state index in [0.717, 1.165) is 25.1 Å². The quantitative estimate of drug-likeness (QED) is 0.774. The van der Waals surface area contributed by atoms with Crippen LogP contribution in [0.3, 0.4) is 0 Å². The average molecular weight is 349 g/mol. The van der Waals surface area contributed by atoms with Gasteiger partial charge in [-0.05, 0) is 37.4 Å². The number of hydrogen-bond acceptors (Lipinski definition) is 4. The molecule has 7 heteroatoms. The van der Waals surface area contributed by atoms with Crippen molar-refractivity contribution in [1.29, 1.82) is 0 Å². The number of amides is 1. The van der Waals surface area contributed by atoms with Crippen LogP contribution in [-0.4, -0.2) is 40.0 Å². The molecule has 0 spiro atoms. The molecule has 0 radical (unpaired) electrons. The van der Waals surface area contributed by atoms with E-state index >= 15 is 0 Å². The summed E-state index contributed by atoms with van der Waals surface area (Å²) in [5, 5.41) is 20.3. The minimum Gasteiger partial charge on any atom is -0.395 e. The monoisotopic (exact) mass is 348 g/mol. The molecule has 1 aromatic heterocycles. The Hall–Kier alpha value is -1.89. The van der Waals surface area contributed by atoms with Gasteiger partial charge in [0.25, 0.3) is 0 Å². The van der Waals surface area contributed by atoms with Crippen molar-refractivity contribution in [3.8, 4) is 5.69 Å². The first-order chi connectivity index (χ1) is 11.7. The van der Waals surface area contributed by atoms with Crippen LogP contribution in [-0.2, 0) is 4.79 Å². The highest BCUT2D eigenvalue weighted by molar-refractivity contribution is 6.32. The van der Waals surface area contributed by atoms with Gasteiger partial charge in [0.05, 0.1) is 17.3 Å². The minimum absolute atomic E-state index is 0.0528. The van der Waals surface area contributed by atoms with Gasteiger partial charge in [0.15, 0.2) is 5.82 Å². The molecule has 2 atom stereocenters. The van der Waals surface area contributed by atoms with Gasteiger partial charge in [-0.2, -0.15) is 5.10 Å². The summed E-state index contributed by atoms with van der Waals surface area (Å²) >= 11 is 6.16. The molecule has 1 fully saturated rings. The molecule has 2 heterocycles. The highest BCUT2D eigenvalue weighted by Crippen LogP contribution is 2.22. The highest BCUT2D eigenvalue weighted by atomic mass is 35.5. The second-order valence-corrected chi connectivity index (χ2v) is 6.48. The van der Waals surface area contributed by atoms with E-state index in [4.69, 9.17) is 11.6 Å². The van der Waals surface area contributed by atoms with Crippen LogP contribution in [0.5, 0.6) is 0 Å². The summed E-state index contributed by atoms with van der Waals surface area (Å²) < 4.78 is 1.64.